The van der Waals surface area contributed by atoms with Crippen LogP contribution in [0.3, 0.4) is 0 Å². The molecular formula is C7H11BrN2O. The quantitative estimate of drug-likeness (QED) is 0.665. The standard InChI is InChI=1S/C7H11BrN2O/c1-10(6-2-5-9)7(11)3-4-8/h2-4,6H2,1H3. The van der Waals surface area contributed by atoms with Gasteiger partial charge in [-0.3, -0.25) is 4.79 Å². The summed E-state index contributed by atoms with van der Waals surface area (Å²) >= 11 is 3.17. The first-order valence-electron chi connectivity index (χ1n) is 3.39. The van der Waals surface area contributed by atoms with Crippen molar-refractivity contribution in [3.63, 3.8) is 0 Å². The number of nitriles is 1. The lowest BCUT2D eigenvalue weighted by Crippen LogP contribution is -2.27. The molecule has 0 N–H and O–H groups in total. The Morgan fingerprint density at radius 2 is 2.36 bits per heavy atom. The van der Waals surface area contributed by atoms with Gasteiger partial charge in [0.25, 0.3) is 0 Å². The normalized spacial score (nSPS) is 8.82. The summed E-state index contributed by atoms with van der Waals surface area (Å²) in [6.45, 7) is 0.530. The van der Waals surface area contributed by atoms with Crippen LogP contribution < -0.4 is 0 Å². The average molecular weight is 219 g/mol. The first-order chi connectivity index (χ1) is 5.22. The SMILES string of the molecule is CN(CCC#N)C(=O)CCBr. The molecule has 0 aromatic rings. The van der Waals surface area contributed by atoms with E-state index in [9.17, 15) is 4.79 Å². The second-order valence-electron chi connectivity index (χ2n) is 2.16. The van der Waals surface area contributed by atoms with Crippen molar-refractivity contribution < 1.29 is 4.79 Å². The summed E-state index contributed by atoms with van der Waals surface area (Å²) in [6, 6.07) is 1.99. The van der Waals surface area contributed by atoms with E-state index in [1.54, 1.807) is 11.9 Å². The molecule has 0 unspecified atom stereocenters. The zero-order chi connectivity index (χ0) is 8.69. The molecular weight excluding hydrogens is 208 g/mol. The van der Waals surface area contributed by atoms with Gasteiger partial charge in [0.05, 0.1) is 12.5 Å². The van der Waals surface area contributed by atoms with Crippen molar-refractivity contribution in [2.45, 2.75) is 12.8 Å². The van der Waals surface area contributed by atoms with Crippen molar-refractivity contribution in [1.82, 2.24) is 4.90 Å². The maximum atomic E-state index is 11.0. The second kappa shape index (κ2) is 6.17. The average Bonchev–Trinajstić information content (AvgIpc) is 2.00. The van der Waals surface area contributed by atoms with Gasteiger partial charge in [0.2, 0.25) is 5.91 Å². The molecule has 0 aliphatic carbocycles. The third-order valence-corrected chi connectivity index (χ3v) is 1.69. The molecule has 11 heavy (non-hydrogen) atoms. The van der Waals surface area contributed by atoms with E-state index >= 15 is 0 Å². The van der Waals surface area contributed by atoms with Crippen LogP contribution in [-0.2, 0) is 4.79 Å². The Bertz CT molecular complexity index is 164. The van der Waals surface area contributed by atoms with Crippen molar-refractivity contribution in [2.24, 2.45) is 0 Å². The van der Waals surface area contributed by atoms with Gasteiger partial charge in [0.1, 0.15) is 0 Å². The molecule has 0 rings (SSSR count). The Hall–Kier alpha value is -0.560. The number of rotatable bonds is 4. The minimum absolute atomic E-state index is 0.0807. The molecule has 3 nitrogen and oxygen atoms in total. The lowest BCUT2D eigenvalue weighted by Gasteiger charge is -2.13. The number of amides is 1. The molecule has 0 spiro atoms. The summed E-state index contributed by atoms with van der Waals surface area (Å²) in [6.07, 6.45) is 0.909. The third-order valence-electron chi connectivity index (χ3n) is 1.29. The molecule has 0 aromatic carbocycles. The van der Waals surface area contributed by atoms with Gasteiger partial charge in [-0.2, -0.15) is 5.26 Å². The highest BCUT2D eigenvalue weighted by atomic mass is 79.9. The van der Waals surface area contributed by atoms with Gasteiger partial charge in [-0.05, 0) is 0 Å². The molecule has 4 heteroatoms. The van der Waals surface area contributed by atoms with Crippen LogP contribution >= 0.6 is 15.9 Å². The van der Waals surface area contributed by atoms with Crippen molar-refractivity contribution >= 4 is 21.8 Å². The van der Waals surface area contributed by atoms with E-state index in [-0.39, 0.29) is 5.91 Å². The predicted molar refractivity (Wildman–Crippen MR) is 46.3 cm³/mol. The van der Waals surface area contributed by atoms with Gasteiger partial charge in [-0.25, -0.2) is 0 Å². The maximum Gasteiger partial charge on any atom is 0.223 e. The first-order valence-corrected chi connectivity index (χ1v) is 4.51. The molecule has 0 radical (unpaired) electrons. The van der Waals surface area contributed by atoms with E-state index in [1.165, 1.54) is 0 Å². The molecule has 0 aliphatic rings. The molecule has 0 aromatic heterocycles. The van der Waals surface area contributed by atoms with Gasteiger partial charge >= 0.3 is 0 Å². The Labute approximate surface area is 75.1 Å². The Morgan fingerprint density at radius 3 is 2.82 bits per heavy atom. The number of hydrogen-bond acceptors (Lipinski definition) is 2. The van der Waals surface area contributed by atoms with E-state index < -0.39 is 0 Å². The Balaban J connectivity index is 3.57. The van der Waals surface area contributed by atoms with Crippen molar-refractivity contribution in [3.8, 4) is 6.07 Å². The summed E-state index contributed by atoms with van der Waals surface area (Å²) in [4.78, 5) is 12.6. The van der Waals surface area contributed by atoms with E-state index in [2.05, 4.69) is 15.9 Å². The largest absolute Gasteiger partial charge is 0.345 e. The van der Waals surface area contributed by atoms with Crippen LogP contribution in [0.2, 0.25) is 0 Å². The fourth-order valence-corrected chi connectivity index (χ4v) is 0.953. The number of carbonyl (C=O) groups excluding carboxylic acids is 1. The summed E-state index contributed by atoms with van der Waals surface area (Å²) in [5, 5.41) is 8.91. The smallest absolute Gasteiger partial charge is 0.223 e. The predicted octanol–water partition coefficient (Wildman–Crippen LogP) is 1.14. The van der Waals surface area contributed by atoms with Crippen LogP contribution in [-0.4, -0.2) is 29.7 Å². The lowest BCUT2D eigenvalue weighted by atomic mass is 10.4. The fraction of sp³-hybridized carbons (Fsp3) is 0.714. The Kier molecular flexibility index (Phi) is 5.86. The van der Waals surface area contributed by atoms with Crippen LogP contribution in [0.15, 0.2) is 0 Å². The minimum Gasteiger partial charge on any atom is -0.345 e. The van der Waals surface area contributed by atoms with E-state index in [1.807, 2.05) is 6.07 Å². The molecule has 62 valence electrons. The summed E-state index contributed by atoms with van der Waals surface area (Å²) < 4.78 is 0. The van der Waals surface area contributed by atoms with Crippen LogP contribution in [0, 0.1) is 11.3 Å². The number of carbonyl (C=O) groups is 1. The van der Waals surface area contributed by atoms with Crippen molar-refractivity contribution in [3.05, 3.63) is 0 Å². The minimum atomic E-state index is 0.0807. The highest BCUT2D eigenvalue weighted by molar-refractivity contribution is 9.09. The molecule has 0 bridgehead atoms. The van der Waals surface area contributed by atoms with Gasteiger partial charge in [0, 0.05) is 25.3 Å². The zero-order valence-corrected chi connectivity index (χ0v) is 8.10. The molecule has 0 fully saturated rings. The molecule has 0 saturated heterocycles. The highest BCUT2D eigenvalue weighted by Crippen LogP contribution is 1.95. The van der Waals surface area contributed by atoms with Gasteiger partial charge in [0.15, 0.2) is 0 Å². The van der Waals surface area contributed by atoms with Crippen molar-refractivity contribution in [1.29, 1.82) is 5.26 Å². The summed E-state index contributed by atoms with van der Waals surface area (Å²) in [5.41, 5.74) is 0. The Morgan fingerprint density at radius 1 is 1.73 bits per heavy atom. The molecule has 0 saturated carbocycles. The fourth-order valence-electron chi connectivity index (χ4n) is 0.614. The van der Waals surface area contributed by atoms with Crippen LogP contribution in [0.1, 0.15) is 12.8 Å². The monoisotopic (exact) mass is 218 g/mol. The summed E-state index contributed by atoms with van der Waals surface area (Å²) in [7, 11) is 1.71. The highest BCUT2D eigenvalue weighted by Gasteiger charge is 2.05. The van der Waals surface area contributed by atoms with E-state index in [0.717, 1.165) is 0 Å². The zero-order valence-electron chi connectivity index (χ0n) is 6.51. The van der Waals surface area contributed by atoms with Crippen LogP contribution in [0.25, 0.3) is 0 Å². The van der Waals surface area contributed by atoms with Gasteiger partial charge < -0.3 is 4.90 Å². The van der Waals surface area contributed by atoms with Gasteiger partial charge in [-0.15, -0.1) is 0 Å². The number of halogens is 1. The number of hydrogen-bond donors (Lipinski definition) is 0. The van der Waals surface area contributed by atoms with E-state index in [0.29, 0.717) is 24.7 Å². The molecule has 0 heterocycles. The molecule has 0 aliphatic heterocycles. The summed E-state index contributed by atoms with van der Waals surface area (Å²) in [5.74, 6) is 0.0807. The van der Waals surface area contributed by atoms with Crippen LogP contribution in [0.5, 0.6) is 0 Å². The molecule has 1 amide bonds. The topological polar surface area (TPSA) is 44.1 Å². The number of alkyl halides is 1. The maximum absolute atomic E-state index is 11.0. The van der Waals surface area contributed by atoms with Crippen LogP contribution in [0.4, 0.5) is 0 Å². The second-order valence-corrected chi connectivity index (χ2v) is 2.96. The lowest BCUT2D eigenvalue weighted by molar-refractivity contribution is -0.129. The van der Waals surface area contributed by atoms with Crippen molar-refractivity contribution in [2.75, 3.05) is 18.9 Å². The van der Waals surface area contributed by atoms with E-state index in [4.69, 9.17) is 5.26 Å². The first kappa shape index (κ1) is 10.4. The molecule has 0 atom stereocenters. The van der Waals surface area contributed by atoms with Gasteiger partial charge in [-0.1, -0.05) is 15.9 Å². The number of nitrogens with zero attached hydrogens (tertiary/aromatic N) is 2. The third kappa shape index (κ3) is 4.79.